The number of rotatable bonds is 12. The summed E-state index contributed by atoms with van der Waals surface area (Å²) in [5.41, 5.74) is 2.20. The maximum atomic E-state index is 12.8. The van der Waals surface area contributed by atoms with Crippen LogP contribution in [0.5, 0.6) is 5.75 Å². The van der Waals surface area contributed by atoms with Crippen LogP contribution in [0.3, 0.4) is 0 Å². The van der Waals surface area contributed by atoms with Crippen LogP contribution in [0.25, 0.3) is 0 Å². The summed E-state index contributed by atoms with van der Waals surface area (Å²) in [6.45, 7) is 8.88. The molecule has 170 valence electrons. The molecule has 0 unspecified atom stereocenters. The van der Waals surface area contributed by atoms with Crippen molar-refractivity contribution in [1.82, 2.24) is 14.8 Å². The Morgan fingerprint density at radius 2 is 1.84 bits per heavy atom. The number of hydrogen-bond donors (Lipinski definition) is 0. The van der Waals surface area contributed by atoms with E-state index in [2.05, 4.69) is 16.8 Å². The van der Waals surface area contributed by atoms with E-state index in [0.29, 0.717) is 29.0 Å². The number of aryl methyl sites for hydroxylation is 2. The molecule has 1 aromatic heterocycles. The van der Waals surface area contributed by atoms with E-state index in [4.69, 9.17) is 4.74 Å². The molecule has 3 aromatic rings. The molecule has 0 amide bonds. The molecule has 0 saturated carbocycles. The van der Waals surface area contributed by atoms with Gasteiger partial charge in [0, 0.05) is 12.3 Å². The lowest BCUT2D eigenvalue weighted by atomic mass is 10.2. The number of benzene rings is 2. The van der Waals surface area contributed by atoms with Crippen LogP contribution in [0.15, 0.2) is 71.2 Å². The maximum absolute atomic E-state index is 12.8. The average Bonchev–Trinajstić information content (AvgIpc) is 3.12. The van der Waals surface area contributed by atoms with E-state index in [9.17, 15) is 8.42 Å². The Hall–Kier alpha value is -2.58. The van der Waals surface area contributed by atoms with E-state index < -0.39 is 9.84 Å². The highest BCUT2D eigenvalue weighted by Gasteiger charge is 2.21. The first kappa shape index (κ1) is 24.1. The van der Waals surface area contributed by atoms with Crippen LogP contribution in [-0.2, 0) is 22.1 Å². The van der Waals surface area contributed by atoms with Crippen LogP contribution < -0.4 is 4.74 Å². The van der Waals surface area contributed by atoms with Crippen molar-refractivity contribution in [2.45, 2.75) is 49.0 Å². The highest BCUT2D eigenvalue weighted by atomic mass is 32.2. The molecule has 0 aliphatic carbocycles. The van der Waals surface area contributed by atoms with Crippen LogP contribution in [-0.4, -0.2) is 35.5 Å². The minimum absolute atomic E-state index is 0.193. The molecule has 8 heteroatoms. The van der Waals surface area contributed by atoms with Crippen molar-refractivity contribution >= 4 is 21.6 Å². The van der Waals surface area contributed by atoms with Gasteiger partial charge in [0.1, 0.15) is 17.3 Å². The van der Waals surface area contributed by atoms with Crippen LogP contribution in [0.2, 0.25) is 0 Å². The van der Waals surface area contributed by atoms with E-state index in [1.807, 2.05) is 42.7 Å². The summed E-state index contributed by atoms with van der Waals surface area (Å²) < 4.78 is 33.3. The predicted molar refractivity (Wildman–Crippen MR) is 129 cm³/mol. The molecule has 0 atom stereocenters. The van der Waals surface area contributed by atoms with Gasteiger partial charge in [0.05, 0.1) is 11.5 Å². The largest absolute Gasteiger partial charge is 0.494 e. The van der Waals surface area contributed by atoms with Crippen molar-refractivity contribution in [2.75, 3.05) is 12.4 Å². The highest BCUT2D eigenvalue weighted by Crippen LogP contribution is 2.22. The third-order valence-corrected chi connectivity index (χ3v) is 7.51. The van der Waals surface area contributed by atoms with E-state index in [1.165, 1.54) is 5.56 Å². The van der Waals surface area contributed by atoms with Gasteiger partial charge in [-0.25, -0.2) is 8.42 Å². The van der Waals surface area contributed by atoms with Gasteiger partial charge in [0.25, 0.3) is 0 Å². The fourth-order valence-corrected chi connectivity index (χ4v) is 5.34. The normalized spacial score (nSPS) is 11.4. The summed E-state index contributed by atoms with van der Waals surface area (Å²) in [6, 6.07) is 14.9. The molecule has 0 aliphatic heterocycles. The summed E-state index contributed by atoms with van der Waals surface area (Å²) in [7, 11) is -3.50. The zero-order valence-corrected chi connectivity index (χ0v) is 20.2. The van der Waals surface area contributed by atoms with Crippen LogP contribution in [0.4, 0.5) is 0 Å². The van der Waals surface area contributed by atoms with Gasteiger partial charge in [-0.2, -0.15) is 0 Å². The number of ether oxygens (including phenoxy) is 1. The standard InChI is InChI=1S/C24H29N3O3S2/c1-4-14-27-23(18-32(28,29)22-12-10-19(2)11-13-22)25-26-24(27)31-16-6-5-15-30-21-9-7-8-20(3)17-21/h4,7-13,17H,1,5-6,14-16,18H2,2-3H3. The number of allylic oxidation sites excluding steroid dienone is 1. The first-order valence-electron chi connectivity index (χ1n) is 10.5. The predicted octanol–water partition coefficient (Wildman–Crippen LogP) is 5.01. The number of thioether (sulfide) groups is 1. The van der Waals surface area contributed by atoms with Crippen molar-refractivity contribution in [3.8, 4) is 5.75 Å². The van der Waals surface area contributed by atoms with Crippen molar-refractivity contribution in [3.05, 3.63) is 78.1 Å². The van der Waals surface area contributed by atoms with Gasteiger partial charge in [0.2, 0.25) is 0 Å². The molecule has 6 nitrogen and oxygen atoms in total. The van der Waals surface area contributed by atoms with Gasteiger partial charge < -0.3 is 9.30 Å². The van der Waals surface area contributed by atoms with Crippen LogP contribution in [0.1, 0.15) is 29.8 Å². The number of nitrogens with zero attached hydrogens (tertiary/aromatic N) is 3. The molecule has 0 spiro atoms. The van der Waals surface area contributed by atoms with Gasteiger partial charge in [-0.1, -0.05) is 47.7 Å². The molecule has 32 heavy (non-hydrogen) atoms. The smallest absolute Gasteiger partial charge is 0.191 e. The Kier molecular flexibility index (Phi) is 8.53. The van der Waals surface area contributed by atoms with Crippen molar-refractivity contribution in [2.24, 2.45) is 0 Å². The third kappa shape index (κ3) is 6.71. The lowest BCUT2D eigenvalue weighted by Gasteiger charge is -2.09. The van der Waals surface area contributed by atoms with E-state index in [-0.39, 0.29) is 5.75 Å². The number of sulfone groups is 1. The first-order chi connectivity index (χ1) is 15.4. The minimum atomic E-state index is -3.50. The summed E-state index contributed by atoms with van der Waals surface area (Å²) >= 11 is 1.57. The number of aromatic nitrogens is 3. The number of unbranched alkanes of at least 4 members (excludes halogenated alkanes) is 1. The zero-order valence-electron chi connectivity index (χ0n) is 18.5. The quantitative estimate of drug-likeness (QED) is 0.210. The molecule has 2 aromatic carbocycles. The lowest BCUT2D eigenvalue weighted by molar-refractivity contribution is 0.309. The molecule has 0 saturated heterocycles. The lowest BCUT2D eigenvalue weighted by Crippen LogP contribution is -2.11. The van der Waals surface area contributed by atoms with Crippen LogP contribution in [0, 0.1) is 13.8 Å². The molecular weight excluding hydrogens is 442 g/mol. The molecule has 3 rings (SSSR count). The van der Waals surface area contributed by atoms with Gasteiger partial charge in [-0.3, -0.25) is 0 Å². The summed E-state index contributed by atoms with van der Waals surface area (Å²) in [5, 5.41) is 9.11. The molecule has 0 bridgehead atoms. The highest BCUT2D eigenvalue weighted by molar-refractivity contribution is 7.99. The summed E-state index contributed by atoms with van der Waals surface area (Å²) in [6.07, 6.45) is 3.60. The molecule has 0 radical (unpaired) electrons. The first-order valence-corrected chi connectivity index (χ1v) is 13.2. The third-order valence-electron chi connectivity index (χ3n) is 4.83. The monoisotopic (exact) mass is 471 g/mol. The SMILES string of the molecule is C=CCn1c(CS(=O)(=O)c2ccc(C)cc2)nnc1SCCCCOc1cccc(C)c1. The fraction of sp³-hybridized carbons (Fsp3) is 0.333. The average molecular weight is 472 g/mol. The fourth-order valence-electron chi connectivity index (χ4n) is 3.11. The summed E-state index contributed by atoms with van der Waals surface area (Å²) in [5.74, 6) is 1.97. The number of hydrogen-bond acceptors (Lipinski definition) is 6. The Balaban J connectivity index is 1.55. The van der Waals surface area contributed by atoms with Crippen molar-refractivity contribution in [1.29, 1.82) is 0 Å². The second-order valence-corrected chi connectivity index (χ2v) is 10.6. The Labute approximate surface area is 194 Å². The second-order valence-electron chi connectivity index (χ2n) is 7.59. The molecule has 0 N–H and O–H groups in total. The summed E-state index contributed by atoms with van der Waals surface area (Å²) in [4.78, 5) is 0.291. The van der Waals surface area contributed by atoms with E-state index >= 15 is 0 Å². The zero-order chi connectivity index (χ0) is 23.0. The van der Waals surface area contributed by atoms with Crippen molar-refractivity contribution < 1.29 is 13.2 Å². The van der Waals surface area contributed by atoms with Gasteiger partial charge in [-0.05, 0) is 56.5 Å². The second kappa shape index (κ2) is 11.3. The Morgan fingerprint density at radius 3 is 2.56 bits per heavy atom. The molecule has 1 heterocycles. The molecular formula is C24H29N3O3S2. The van der Waals surface area contributed by atoms with E-state index in [0.717, 1.165) is 29.9 Å². The topological polar surface area (TPSA) is 74.1 Å². The minimum Gasteiger partial charge on any atom is -0.494 e. The van der Waals surface area contributed by atoms with Gasteiger partial charge in [0.15, 0.2) is 15.0 Å². The molecule has 0 aliphatic rings. The maximum Gasteiger partial charge on any atom is 0.191 e. The Morgan fingerprint density at radius 1 is 1.06 bits per heavy atom. The van der Waals surface area contributed by atoms with E-state index in [1.54, 1.807) is 42.1 Å². The van der Waals surface area contributed by atoms with Gasteiger partial charge >= 0.3 is 0 Å². The van der Waals surface area contributed by atoms with Crippen LogP contribution >= 0.6 is 11.8 Å². The molecule has 0 fully saturated rings. The Bertz CT molecular complexity index is 1140. The van der Waals surface area contributed by atoms with Crippen molar-refractivity contribution in [3.63, 3.8) is 0 Å². The van der Waals surface area contributed by atoms with Gasteiger partial charge in [-0.15, -0.1) is 16.8 Å².